The van der Waals surface area contributed by atoms with E-state index < -0.39 is 0 Å². The third kappa shape index (κ3) is 5.80. The summed E-state index contributed by atoms with van der Waals surface area (Å²) in [5.41, 5.74) is 5.70. The number of nitrogens with two attached hydrogens (primary N) is 1. The maximum Gasteiger partial charge on any atom is 0.0719 e. The number of hydrogen-bond donors (Lipinski definition) is 1. The fourth-order valence-electron chi connectivity index (χ4n) is 3.16. The van der Waals surface area contributed by atoms with Crippen molar-refractivity contribution in [1.82, 2.24) is 0 Å². The normalized spacial score (nSPS) is 29.7. The molecule has 0 bridgehead atoms. The maximum atomic E-state index is 6.17. The van der Waals surface area contributed by atoms with Crippen LogP contribution in [0.1, 0.15) is 53.4 Å². The minimum atomic E-state index is 0.156. The van der Waals surface area contributed by atoms with Crippen LogP contribution in [0, 0.1) is 17.8 Å². The molecule has 1 aliphatic carbocycles. The minimum Gasteiger partial charge on any atom is -0.378 e. The number of ether oxygens (including phenoxy) is 2. The van der Waals surface area contributed by atoms with Crippen molar-refractivity contribution in [3.05, 3.63) is 0 Å². The minimum absolute atomic E-state index is 0.156. The van der Waals surface area contributed by atoms with E-state index in [1.54, 1.807) is 0 Å². The van der Waals surface area contributed by atoms with Crippen LogP contribution in [0.3, 0.4) is 0 Å². The van der Waals surface area contributed by atoms with Crippen LogP contribution in [-0.2, 0) is 9.47 Å². The first-order valence-corrected chi connectivity index (χ1v) is 8.01. The van der Waals surface area contributed by atoms with E-state index in [9.17, 15) is 0 Å². The molecule has 4 unspecified atom stereocenters. The summed E-state index contributed by atoms with van der Waals surface area (Å²) in [5.74, 6) is 2.24. The van der Waals surface area contributed by atoms with Gasteiger partial charge >= 0.3 is 0 Å². The van der Waals surface area contributed by atoms with E-state index in [2.05, 4.69) is 20.8 Å². The van der Waals surface area contributed by atoms with E-state index >= 15 is 0 Å². The topological polar surface area (TPSA) is 44.5 Å². The fourth-order valence-corrected chi connectivity index (χ4v) is 3.16. The SMILES string of the molecule is CCOC(CN)CCOC1CC(C)CCC1C(C)C. The molecule has 0 radical (unpaired) electrons. The molecule has 0 saturated heterocycles. The summed E-state index contributed by atoms with van der Waals surface area (Å²) in [4.78, 5) is 0. The Balaban J connectivity index is 2.35. The van der Waals surface area contributed by atoms with Gasteiger partial charge in [0.2, 0.25) is 0 Å². The molecule has 0 aromatic rings. The van der Waals surface area contributed by atoms with E-state index in [4.69, 9.17) is 15.2 Å². The lowest BCUT2D eigenvalue weighted by atomic mass is 9.75. The van der Waals surface area contributed by atoms with Crippen molar-refractivity contribution < 1.29 is 9.47 Å². The molecule has 0 spiro atoms. The van der Waals surface area contributed by atoms with Gasteiger partial charge in [-0.05, 0) is 43.9 Å². The highest BCUT2D eigenvalue weighted by Gasteiger charge is 2.31. The summed E-state index contributed by atoms with van der Waals surface area (Å²) in [7, 11) is 0. The zero-order valence-electron chi connectivity index (χ0n) is 13.2. The standard InChI is InChI=1S/C16H33NO2/c1-5-18-14(11-17)8-9-19-16-10-13(4)6-7-15(16)12(2)3/h12-16H,5-11,17H2,1-4H3. The third-order valence-electron chi connectivity index (χ3n) is 4.40. The largest absolute Gasteiger partial charge is 0.378 e. The quantitative estimate of drug-likeness (QED) is 0.737. The van der Waals surface area contributed by atoms with Gasteiger partial charge < -0.3 is 15.2 Å². The van der Waals surface area contributed by atoms with E-state index in [1.807, 2.05) is 6.92 Å². The molecule has 1 aliphatic rings. The van der Waals surface area contributed by atoms with Crippen molar-refractivity contribution in [3.63, 3.8) is 0 Å². The van der Waals surface area contributed by atoms with Crippen LogP contribution >= 0.6 is 0 Å². The predicted molar refractivity (Wildman–Crippen MR) is 80.2 cm³/mol. The molecule has 2 N–H and O–H groups in total. The molecule has 19 heavy (non-hydrogen) atoms. The molecule has 1 fully saturated rings. The first-order chi connectivity index (χ1) is 9.08. The molecule has 0 aromatic carbocycles. The third-order valence-corrected chi connectivity index (χ3v) is 4.40. The molecule has 0 aromatic heterocycles. The molecule has 1 saturated carbocycles. The summed E-state index contributed by atoms with van der Waals surface area (Å²) < 4.78 is 11.7. The zero-order chi connectivity index (χ0) is 14.3. The molecule has 0 aliphatic heterocycles. The highest BCUT2D eigenvalue weighted by molar-refractivity contribution is 4.81. The van der Waals surface area contributed by atoms with Crippen LogP contribution in [0.25, 0.3) is 0 Å². The van der Waals surface area contributed by atoms with E-state index in [1.165, 1.54) is 19.3 Å². The summed E-state index contributed by atoms with van der Waals surface area (Å²) in [6.45, 7) is 11.1. The predicted octanol–water partition coefficient (Wildman–Crippen LogP) is 3.22. The molecule has 0 heterocycles. The summed E-state index contributed by atoms with van der Waals surface area (Å²) in [5, 5.41) is 0. The summed E-state index contributed by atoms with van der Waals surface area (Å²) in [6.07, 6.45) is 5.39. The lowest BCUT2D eigenvalue weighted by molar-refractivity contribution is -0.0527. The monoisotopic (exact) mass is 271 g/mol. The van der Waals surface area contributed by atoms with Gasteiger partial charge in [0.05, 0.1) is 12.2 Å². The first-order valence-electron chi connectivity index (χ1n) is 8.01. The highest BCUT2D eigenvalue weighted by Crippen LogP contribution is 2.35. The summed E-state index contributed by atoms with van der Waals surface area (Å²) >= 11 is 0. The molecular formula is C16H33NO2. The second-order valence-corrected chi connectivity index (χ2v) is 6.34. The Morgan fingerprint density at radius 1 is 1.26 bits per heavy atom. The number of rotatable bonds is 8. The van der Waals surface area contributed by atoms with Crippen molar-refractivity contribution in [2.75, 3.05) is 19.8 Å². The average Bonchev–Trinajstić information content (AvgIpc) is 2.37. The first kappa shape index (κ1) is 16.9. The van der Waals surface area contributed by atoms with E-state index in [-0.39, 0.29) is 6.10 Å². The molecule has 1 rings (SSSR count). The fraction of sp³-hybridized carbons (Fsp3) is 1.00. The van der Waals surface area contributed by atoms with Gasteiger partial charge in [0.1, 0.15) is 0 Å². The Kier molecular flexibility index (Phi) is 7.96. The van der Waals surface area contributed by atoms with Crippen LogP contribution in [0.15, 0.2) is 0 Å². The Bertz CT molecular complexity index is 233. The molecule has 3 nitrogen and oxygen atoms in total. The molecule has 0 amide bonds. The van der Waals surface area contributed by atoms with Crippen molar-refractivity contribution in [3.8, 4) is 0 Å². The van der Waals surface area contributed by atoms with Crippen LogP contribution in [0.2, 0.25) is 0 Å². The van der Waals surface area contributed by atoms with Gasteiger partial charge in [-0.25, -0.2) is 0 Å². The Morgan fingerprint density at radius 2 is 2.00 bits per heavy atom. The lowest BCUT2D eigenvalue weighted by Crippen LogP contribution is -2.35. The molecule has 4 atom stereocenters. The van der Waals surface area contributed by atoms with Crippen molar-refractivity contribution in [2.24, 2.45) is 23.5 Å². The lowest BCUT2D eigenvalue weighted by Gasteiger charge is -2.37. The maximum absolute atomic E-state index is 6.17. The van der Waals surface area contributed by atoms with Gasteiger partial charge in [0.15, 0.2) is 0 Å². The van der Waals surface area contributed by atoms with E-state index in [0.717, 1.165) is 37.4 Å². The van der Waals surface area contributed by atoms with Crippen LogP contribution < -0.4 is 5.73 Å². The zero-order valence-corrected chi connectivity index (χ0v) is 13.2. The van der Waals surface area contributed by atoms with Gasteiger partial charge in [-0.1, -0.05) is 27.2 Å². The van der Waals surface area contributed by atoms with Crippen molar-refractivity contribution >= 4 is 0 Å². The molecule has 3 heteroatoms. The van der Waals surface area contributed by atoms with E-state index in [0.29, 0.717) is 12.6 Å². The van der Waals surface area contributed by atoms with Crippen LogP contribution in [-0.4, -0.2) is 32.0 Å². The van der Waals surface area contributed by atoms with Gasteiger partial charge in [-0.2, -0.15) is 0 Å². The number of hydrogen-bond acceptors (Lipinski definition) is 3. The van der Waals surface area contributed by atoms with Gasteiger partial charge in [0.25, 0.3) is 0 Å². The second-order valence-electron chi connectivity index (χ2n) is 6.34. The van der Waals surface area contributed by atoms with Crippen molar-refractivity contribution in [2.45, 2.75) is 65.6 Å². The van der Waals surface area contributed by atoms with Crippen molar-refractivity contribution in [1.29, 1.82) is 0 Å². The van der Waals surface area contributed by atoms with Gasteiger partial charge in [0, 0.05) is 19.8 Å². The molecule has 114 valence electrons. The Hall–Kier alpha value is -0.120. The molecular weight excluding hydrogens is 238 g/mol. The Labute approximate surface area is 119 Å². The summed E-state index contributed by atoms with van der Waals surface area (Å²) in [6, 6.07) is 0. The Morgan fingerprint density at radius 3 is 2.58 bits per heavy atom. The van der Waals surface area contributed by atoms with Gasteiger partial charge in [-0.3, -0.25) is 0 Å². The second kappa shape index (κ2) is 8.93. The van der Waals surface area contributed by atoms with Gasteiger partial charge in [-0.15, -0.1) is 0 Å². The average molecular weight is 271 g/mol. The van der Waals surface area contributed by atoms with Crippen LogP contribution in [0.4, 0.5) is 0 Å². The van der Waals surface area contributed by atoms with Crippen LogP contribution in [0.5, 0.6) is 0 Å². The highest BCUT2D eigenvalue weighted by atomic mass is 16.5. The smallest absolute Gasteiger partial charge is 0.0719 e.